The van der Waals surface area contributed by atoms with Crippen LogP contribution in [0.15, 0.2) is 18.3 Å². The maximum absolute atomic E-state index is 12.0. The van der Waals surface area contributed by atoms with Gasteiger partial charge >= 0.3 is 0 Å². The average molecular weight is 237 g/mol. The summed E-state index contributed by atoms with van der Waals surface area (Å²) in [5, 5.41) is 12.1. The number of nitrogens with one attached hydrogen (secondary N) is 1. The average Bonchev–Trinajstić information content (AvgIpc) is 2.35. The number of carbonyl (C=O) groups is 1. The third-order valence-corrected chi connectivity index (χ3v) is 2.49. The van der Waals surface area contributed by atoms with E-state index >= 15 is 0 Å². The van der Waals surface area contributed by atoms with E-state index in [1.807, 2.05) is 0 Å². The van der Waals surface area contributed by atoms with E-state index in [1.54, 1.807) is 44.2 Å². The minimum atomic E-state index is -0.393. The van der Waals surface area contributed by atoms with Crippen LogP contribution in [0.4, 0.5) is 5.82 Å². The molecule has 2 N–H and O–H groups in total. The highest BCUT2D eigenvalue weighted by atomic mass is 16.3. The minimum Gasteiger partial charge on any atom is -0.393 e. The molecule has 1 amide bonds. The maximum Gasteiger partial charge on any atom is 0.253 e. The topological polar surface area (TPSA) is 65.5 Å². The highest BCUT2D eigenvalue weighted by Gasteiger charge is 2.12. The smallest absolute Gasteiger partial charge is 0.253 e. The minimum absolute atomic E-state index is 0.0652. The van der Waals surface area contributed by atoms with E-state index in [2.05, 4.69) is 10.3 Å². The van der Waals surface area contributed by atoms with Crippen molar-refractivity contribution in [2.75, 3.05) is 26.0 Å². The Hall–Kier alpha value is -1.62. The van der Waals surface area contributed by atoms with Gasteiger partial charge in [-0.25, -0.2) is 4.98 Å². The summed E-state index contributed by atoms with van der Waals surface area (Å²) < 4.78 is 0. The number of nitrogens with zero attached hydrogens (tertiary/aromatic N) is 2. The summed E-state index contributed by atoms with van der Waals surface area (Å²) in [6, 6.07) is 3.39. The summed E-state index contributed by atoms with van der Waals surface area (Å²) in [4.78, 5) is 17.7. The van der Waals surface area contributed by atoms with Crippen LogP contribution in [-0.4, -0.2) is 47.6 Å². The molecule has 5 heteroatoms. The number of aliphatic hydroxyl groups excluding tert-OH is 1. The van der Waals surface area contributed by atoms with E-state index in [9.17, 15) is 9.90 Å². The zero-order valence-electron chi connectivity index (χ0n) is 10.5. The van der Waals surface area contributed by atoms with Gasteiger partial charge in [0.15, 0.2) is 0 Å². The molecule has 0 bridgehead atoms. The molecular formula is C12H19N3O2. The number of hydrogen-bond donors (Lipinski definition) is 2. The Morgan fingerprint density at radius 3 is 2.94 bits per heavy atom. The predicted octanol–water partition coefficient (Wildman–Crippen LogP) is 0.966. The van der Waals surface area contributed by atoms with Gasteiger partial charge in [-0.3, -0.25) is 4.79 Å². The summed E-state index contributed by atoms with van der Waals surface area (Å²) in [5.41, 5.74) is 0.595. The van der Waals surface area contributed by atoms with Crippen molar-refractivity contribution in [3.8, 4) is 0 Å². The maximum atomic E-state index is 12.0. The first-order valence-corrected chi connectivity index (χ1v) is 5.62. The van der Waals surface area contributed by atoms with Crippen LogP contribution in [-0.2, 0) is 0 Å². The first kappa shape index (κ1) is 13.4. The molecule has 1 aromatic rings. The largest absolute Gasteiger partial charge is 0.393 e. The third-order valence-electron chi connectivity index (χ3n) is 2.49. The first-order valence-electron chi connectivity index (χ1n) is 5.62. The molecule has 1 atom stereocenters. The molecule has 17 heavy (non-hydrogen) atoms. The van der Waals surface area contributed by atoms with Crippen LogP contribution in [0.2, 0.25) is 0 Å². The summed E-state index contributed by atoms with van der Waals surface area (Å²) >= 11 is 0. The zero-order valence-corrected chi connectivity index (χ0v) is 10.5. The fourth-order valence-corrected chi connectivity index (χ4v) is 1.40. The zero-order chi connectivity index (χ0) is 12.8. The molecule has 1 aromatic heterocycles. The lowest BCUT2D eigenvalue weighted by Gasteiger charge is -2.18. The summed E-state index contributed by atoms with van der Waals surface area (Å²) in [7, 11) is 3.48. The Labute approximate surface area is 101 Å². The van der Waals surface area contributed by atoms with Crippen LogP contribution in [0.25, 0.3) is 0 Å². The van der Waals surface area contributed by atoms with Gasteiger partial charge in [0.25, 0.3) is 5.91 Å². The quantitative estimate of drug-likeness (QED) is 0.800. The van der Waals surface area contributed by atoms with Gasteiger partial charge in [-0.15, -0.1) is 0 Å². The van der Waals surface area contributed by atoms with Gasteiger partial charge in [0.05, 0.1) is 6.10 Å². The van der Waals surface area contributed by atoms with Crippen LogP contribution >= 0.6 is 0 Å². The van der Waals surface area contributed by atoms with Crippen molar-refractivity contribution < 1.29 is 9.90 Å². The standard InChI is InChI=1S/C12H19N3O2/c1-9(16)5-7-15(3)12(17)10-4-6-14-11(8-10)13-2/h4,6,8-9,16H,5,7H2,1-3H3,(H,13,14). The Morgan fingerprint density at radius 1 is 1.65 bits per heavy atom. The Morgan fingerprint density at radius 2 is 2.35 bits per heavy atom. The molecule has 0 aliphatic rings. The summed E-state index contributed by atoms with van der Waals surface area (Å²) in [6.07, 6.45) is 1.78. The lowest BCUT2D eigenvalue weighted by molar-refractivity contribution is 0.0769. The predicted molar refractivity (Wildman–Crippen MR) is 67.0 cm³/mol. The fourth-order valence-electron chi connectivity index (χ4n) is 1.40. The van der Waals surface area contributed by atoms with Crippen LogP contribution in [0.5, 0.6) is 0 Å². The molecule has 0 saturated heterocycles. The van der Waals surface area contributed by atoms with E-state index in [-0.39, 0.29) is 5.91 Å². The van der Waals surface area contributed by atoms with Gasteiger partial charge in [0.1, 0.15) is 5.82 Å². The normalized spacial score (nSPS) is 12.0. The monoisotopic (exact) mass is 237 g/mol. The third kappa shape index (κ3) is 4.03. The Bertz CT molecular complexity index is 380. The molecule has 1 unspecified atom stereocenters. The molecule has 94 valence electrons. The molecule has 0 spiro atoms. The molecule has 0 saturated carbocycles. The van der Waals surface area contributed by atoms with Crippen molar-refractivity contribution in [3.05, 3.63) is 23.9 Å². The van der Waals surface area contributed by atoms with Gasteiger partial charge < -0.3 is 15.3 Å². The molecular weight excluding hydrogens is 218 g/mol. The number of rotatable bonds is 5. The van der Waals surface area contributed by atoms with Gasteiger partial charge in [0.2, 0.25) is 0 Å². The summed E-state index contributed by atoms with van der Waals surface area (Å²) in [5.74, 6) is 0.601. The molecule has 1 heterocycles. The fraction of sp³-hybridized carbons (Fsp3) is 0.500. The van der Waals surface area contributed by atoms with E-state index in [0.29, 0.717) is 24.3 Å². The second kappa shape index (κ2) is 6.20. The second-order valence-electron chi connectivity index (χ2n) is 4.04. The number of hydrogen-bond acceptors (Lipinski definition) is 4. The van der Waals surface area contributed by atoms with Crippen molar-refractivity contribution in [2.24, 2.45) is 0 Å². The van der Waals surface area contributed by atoms with Crippen LogP contribution < -0.4 is 5.32 Å². The first-order chi connectivity index (χ1) is 8.04. The van der Waals surface area contributed by atoms with Crippen molar-refractivity contribution >= 4 is 11.7 Å². The summed E-state index contributed by atoms with van der Waals surface area (Å²) in [6.45, 7) is 2.25. The molecule has 5 nitrogen and oxygen atoms in total. The number of amides is 1. The van der Waals surface area contributed by atoms with Crippen LogP contribution in [0.1, 0.15) is 23.7 Å². The lowest BCUT2D eigenvalue weighted by atomic mass is 10.2. The van der Waals surface area contributed by atoms with Crippen LogP contribution in [0, 0.1) is 0 Å². The second-order valence-corrected chi connectivity index (χ2v) is 4.04. The van der Waals surface area contributed by atoms with Gasteiger partial charge in [-0.2, -0.15) is 0 Å². The van der Waals surface area contributed by atoms with Crippen molar-refractivity contribution in [2.45, 2.75) is 19.4 Å². The van der Waals surface area contributed by atoms with E-state index < -0.39 is 6.10 Å². The molecule has 0 radical (unpaired) electrons. The van der Waals surface area contributed by atoms with Gasteiger partial charge in [0, 0.05) is 32.4 Å². The SMILES string of the molecule is CNc1cc(C(=O)N(C)CCC(C)O)ccn1. The number of aromatic nitrogens is 1. The number of carbonyl (C=O) groups excluding carboxylic acids is 1. The number of anilines is 1. The highest BCUT2D eigenvalue weighted by Crippen LogP contribution is 2.09. The van der Waals surface area contributed by atoms with Crippen molar-refractivity contribution in [1.82, 2.24) is 9.88 Å². The molecule has 0 aliphatic carbocycles. The highest BCUT2D eigenvalue weighted by molar-refractivity contribution is 5.94. The van der Waals surface area contributed by atoms with E-state index in [0.717, 1.165) is 0 Å². The van der Waals surface area contributed by atoms with E-state index in [4.69, 9.17) is 0 Å². The molecule has 0 fully saturated rings. The lowest BCUT2D eigenvalue weighted by Crippen LogP contribution is -2.29. The van der Waals surface area contributed by atoms with Gasteiger partial charge in [-0.1, -0.05) is 0 Å². The Kier molecular flexibility index (Phi) is 4.90. The molecule has 0 aromatic carbocycles. The van der Waals surface area contributed by atoms with Crippen LogP contribution in [0.3, 0.4) is 0 Å². The Balaban J connectivity index is 2.67. The number of aliphatic hydroxyl groups is 1. The van der Waals surface area contributed by atoms with Crippen molar-refractivity contribution in [1.29, 1.82) is 0 Å². The molecule has 0 aliphatic heterocycles. The molecule has 1 rings (SSSR count). The number of pyridine rings is 1. The van der Waals surface area contributed by atoms with Gasteiger partial charge in [-0.05, 0) is 25.5 Å². The van der Waals surface area contributed by atoms with Crippen molar-refractivity contribution in [3.63, 3.8) is 0 Å². The van der Waals surface area contributed by atoms with E-state index in [1.165, 1.54) is 0 Å².